The minimum absolute atomic E-state index is 0.713. The number of nitrogens with zero attached hydrogens (tertiary/aromatic N) is 4. The van der Waals surface area contributed by atoms with Gasteiger partial charge in [0.1, 0.15) is 0 Å². The summed E-state index contributed by atoms with van der Waals surface area (Å²) < 4.78 is 4.89. The van der Waals surface area contributed by atoms with Crippen molar-refractivity contribution in [3.8, 4) is 34.0 Å². The van der Waals surface area contributed by atoms with Gasteiger partial charge in [-0.3, -0.25) is 0 Å². The molecule has 56 heavy (non-hydrogen) atoms. The molecule has 0 saturated carbocycles. The quantitative estimate of drug-likeness (QED) is 0.182. The van der Waals surface area contributed by atoms with E-state index in [4.69, 9.17) is 9.97 Å². The molecule has 0 saturated heterocycles. The van der Waals surface area contributed by atoms with Crippen molar-refractivity contribution in [1.29, 1.82) is 0 Å². The van der Waals surface area contributed by atoms with Crippen molar-refractivity contribution in [3.63, 3.8) is 0 Å². The van der Waals surface area contributed by atoms with E-state index in [0.29, 0.717) is 5.82 Å². The van der Waals surface area contributed by atoms with Crippen LogP contribution in [0.25, 0.3) is 110 Å². The number of aromatic nitrogens is 4. The van der Waals surface area contributed by atoms with Gasteiger partial charge >= 0.3 is 0 Å². The van der Waals surface area contributed by atoms with Crippen molar-refractivity contribution in [2.45, 2.75) is 0 Å². The van der Waals surface area contributed by atoms with Gasteiger partial charge in [-0.05, 0) is 82.9 Å². The summed E-state index contributed by atoms with van der Waals surface area (Å²) in [6, 6.07) is 69.7. The molecule has 4 nitrogen and oxygen atoms in total. The van der Waals surface area contributed by atoms with Crippen LogP contribution in [0.4, 0.5) is 0 Å². The van der Waals surface area contributed by atoms with Crippen LogP contribution in [0.5, 0.6) is 0 Å². The highest BCUT2D eigenvalue weighted by atomic mass is 15.0. The Morgan fingerprint density at radius 1 is 0.321 bits per heavy atom. The van der Waals surface area contributed by atoms with Gasteiger partial charge in [-0.25, -0.2) is 9.97 Å². The third kappa shape index (κ3) is 4.60. The highest BCUT2D eigenvalue weighted by molar-refractivity contribution is 6.24. The predicted molar refractivity (Wildman–Crippen MR) is 234 cm³/mol. The fourth-order valence-electron chi connectivity index (χ4n) is 8.88. The zero-order valence-electron chi connectivity index (χ0n) is 30.3. The summed E-state index contributed by atoms with van der Waals surface area (Å²) in [4.78, 5) is 10.2. The molecule has 12 aromatic rings. The van der Waals surface area contributed by atoms with E-state index in [0.717, 1.165) is 39.1 Å². The molecule has 0 aliphatic rings. The van der Waals surface area contributed by atoms with E-state index in [2.05, 4.69) is 191 Å². The smallest absolute Gasteiger partial charge is 0.160 e. The lowest BCUT2D eigenvalue weighted by Crippen LogP contribution is -1.97. The summed E-state index contributed by atoms with van der Waals surface area (Å²) in [6.07, 6.45) is 0. The standard InChI is InChI=1S/C52H32N4/c1-3-14-34(15-4-1)50-42-21-11-12-22-46(42)53-52(54-50)35-23-26-39(27-24-35)55-47-30-37-17-8-7-16-36(37)29-43(47)45-32-49-44(31-48(45)55)41-28-25-33-13-9-10-20-40(33)51(41)56(49)38-18-5-2-6-19-38/h1-32H. The van der Waals surface area contributed by atoms with Crippen LogP contribution < -0.4 is 0 Å². The van der Waals surface area contributed by atoms with E-state index in [1.165, 1.54) is 65.2 Å². The Bertz CT molecular complexity index is 3510. The molecule has 0 radical (unpaired) electrons. The second kappa shape index (κ2) is 12.0. The lowest BCUT2D eigenvalue weighted by molar-refractivity contribution is 1.17. The first kappa shape index (κ1) is 30.9. The SMILES string of the molecule is c1ccc(-c2nc(-c3ccc(-n4c5cc6ccccc6cc5c5cc6c(cc54)c4ccc5ccccc5c4n6-c4ccccc4)cc3)nc3ccccc23)cc1. The second-order valence-electron chi connectivity index (χ2n) is 14.6. The molecule has 12 rings (SSSR count). The number of hydrogen-bond acceptors (Lipinski definition) is 2. The Morgan fingerprint density at radius 3 is 1.68 bits per heavy atom. The minimum atomic E-state index is 0.713. The molecule has 0 amide bonds. The third-order valence-corrected chi connectivity index (χ3v) is 11.5. The first-order valence-electron chi connectivity index (χ1n) is 19.1. The van der Waals surface area contributed by atoms with Crippen molar-refractivity contribution < 1.29 is 0 Å². The Morgan fingerprint density at radius 2 is 0.893 bits per heavy atom. The van der Waals surface area contributed by atoms with Crippen molar-refractivity contribution in [3.05, 3.63) is 194 Å². The maximum Gasteiger partial charge on any atom is 0.160 e. The molecular weight excluding hydrogens is 681 g/mol. The van der Waals surface area contributed by atoms with Crippen LogP contribution in [-0.4, -0.2) is 19.1 Å². The minimum Gasteiger partial charge on any atom is -0.309 e. The largest absolute Gasteiger partial charge is 0.309 e. The molecular formula is C52H32N4. The predicted octanol–water partition coefficient (Wildman–Crippen LogP) is 13.5. The molecule has 0 atom stereocenters. The van der Waals surface area contributed by atoms with E-state index in [-0.39, 0.29) is 0 Å². The first-order chi connectivity index (χ1) is 27.8. The molecule has 0 fully saturated rings. The Kier molecular flexibility index (Phi) is 6.60. The molecule has 4 heteroatoms. The average Bonchev–Trinajstić information content (AvgIpc) is 3.76. The zero-order chi connectivity index (χ0) is 36.7. The summed E-state index contributed by atoms with van der Waals surface area (Å²) in [6.45, 7) is 0. The monoisotopic (exact) mass is 712 g/mol. The maximum atomic E-state index is 5.16. The first-order valence-corrected chi connectivity index (χ1v) is 19.1. The summed E-state index contributed by atoms with van der Waals surface area (Å²) >= 11 is 0. The fourth-order valence-corrected chi connectivity index (χ4v) is 8.88. The van der Waals surface area contributed by atoms with E-state index < -0.39 is 0 Å². The Labute approximate surface area is 322 Å². The van der Waals surface area contributed by atoms with Crippen LogP contribution in [0.3, 0.4) is 0 Å². The molecule has 9 aromatic carbocycles. The van der Waals surface area contributed by atoms with Crippen molar-refractivity contribution in [1.82, 2.24) is 19.1 Å². The highest BCUT2D eigenvalue weighted by Gasteiger charge is 2.21. The van der Waals surface area contributed by atoms with Crippen LogP contribution in [0.1, 0.15) is 0 Å². The van der Waals surface area contributed by atoms with Crippen molar-refractivity contribution in [2.24, 2.45) is 0 Å². The van der Waals surface area contributed by atoms with Gasteiger partial charge in [0.25, 0.3) is 0 Å². The molecule has 0 aliphatic carbocycles. The van der Waals surface area contributed by atoms with Crippen molar-refractivity contribution >= 4 is 76.1 Å². The van der Waals surface area contributed by atoms with Gasteiger partial charge in [-0.1, -0.05) is 127 Å². The zero-order valence-corrected chi connectivity index (χ0v) is 30.3. The van der Waals surface area contributed by atoms with Crippen LogP contribution in [0.15, 0.2) is 194 Å². The van der Waals surface area contributed by atoms with Crippen LogP contribution >= 0.6 is 0 Å². The Hall–Kier alpha value is -7.56. The average molecular weight is 713 g/mol. The fraction of sp³-hybridized carbons (Fsp3) is 0. The van der Waals surface area contributed by atoms with E-state index in [1.807, 2.05) is 12.1 Å². The molecule has 0 aliphatic heterocycles. The summed E-state index contributed by atoms with van der Waals surface area (Å²) in [5.41, 5.74) is 10.9. The van der Waals surface area contributed by atoms with Crippen molar-refractivity contribution in [2.75, 3.05) is 0 Å². The molecule has 0 bridgehead atoms. The third-order valence-electron chi connectivity index (χ3n) is 11.5. The van der Waals surface area contributed by atoms with Gasteiger partial charge < -0.3 is 9.13 Å². The molecule has 0 unspecified atom stereocenters. The number of rotatable bonds is 4. The number of fused-ring (bicyclic) bond motifs is 10. The van der Waals surface area contributed by atoms with E-state index >= 15 is 0 Å². The molecule has 3 aromatic heterocycles. The summed E-state index contributed by atoms with van der Waals surface area (Å²) in [5.74, 6) is 0.713. The topological polar surface area (TPSA) is 35.6 Å². The number of para-hydroxylation sites is 2. The normalized spacial score (nSPS) is 11.9. The second-order valence-corrected chi connectivity index (χ2v) is 14.6. The van der Waals surface area contributed by atoms with Gasteiger partial charge in [0, 0.05) is 54.8 Å². The molecule has 260 valence electrons. The molecule has 3 heterocycles. The molecule has 0 spiro atoms. The summed E-state index contributed by atoms with van der Waals surface area (Å²) in [5, 5.41) is 10.9. The highest BCUT2D eigenvalue weighted by Crippen LogP contribution is 2.42. The Balaban J connectivity index is 1.12. The van der Waals surface area contributed by atoms with E-state index in [9.17, 15) is 0 Å². The molecule has 0 N–H and O–H groups in total. The van der Waals surface area contributed by atoms with Gasteiger partial charge in [0.05, 0.1) is 33.3 Å². The van der Waals surface area contributed by atoms with Gasteiger partial charge in [-0.15, -0.1) is 0 Å². The lowest BCUT2D eigenvalue weighted by atomic mass is 10.0. The van der Waals surface area contributed by atoms with Gasteiger partial charge in [-0.2, -0.15) is 0 Å². The lowest BCUT2D eigenvalue weighted by Gasteiger charge is -2.12. The van der Waals surface area contributed by atoms with E-state index in [1.54, 1.807) is 0 Å². The van der Waals surface area contributed by atoms with Crippen LogP contribution in [-0.2, 0) is 0 Å². The van der Waals surface area contributed by atoms with Crippen LogP contribution in [0, 0.1) is 0 Å². The van der Waals surface area contributed by atoms with Crippen LogP contribution in [0.2, 0.25) is 0 Å². The maximum absolute atomic E-state index is 5.16. The number of hydrogen-bond donors (Lipinski definition) is 0. The summed E-state index contributed by atoms with van der Waals surface area (Å²) in [7, 11) is 0. The van der Waals surface area contributed by atoms with Gasteiger partial charge in [0.2, 0.25) is 0 Å². The van der Waals surface area contributed by atoms with Gasteiger partial charge in [0.15, 0.2) is 5.82 Å². The number of benzene rings is 9.